The van der Waals surface area contributed by atoms with Gasteiger partial charge in [0.2, 0.25) is 15.9 Å². The number of fused-ring (bicyclic) bond motifs is 1. The minimum Gasteiger partial charge on any atom is -0.295 e. The fraction of sp³-hybridized carbons (Fsp3) is 0.318. The molecule has 0 atom stereocenters. The van der Waals surface area contributed by atoms with Crippen molar-refractivity contribution >= 4 is 48.4 Å². The summed E-state index contributed by atoms with van der Waals surface area (Å²) < 4.78 is 28.4. The molecule has 0 N–H and O–H groups in total. The molecular weight excluding hydrogens is 434 g/mol. The number of thiazole rings is 1. The molecule has 31 heavy (non-hydrogen) atoms. The van der Waals surface area contributed by atoms with Crippen molar-refractivity contribution in [1.82, 2.24) is 9.29 Å². The van der Waals surface area contributed by atoms with E-state index in [-0.39, 0.29) is 35.6 Å². The lowest BCUT2D eigenvalue weighted by Gasteiger charge is -2.32. The molecule has 1 aliphatic heterocycles. The Balaban J connectivity index is 1.44. The van der Waals surface area contributed by atoms with E-state index in [9.17, 15) is 18.0 Å². The number of hydrogen-bond acceptors (Lipinski definition) is 6. The molecule has 1 aliphatic rings. The van der Waals surface area contributed by atoms with Crippen LogP contribution in [0.25, 0.3) is 10.2 Å². The van der Waals surface area contributed by atoms with Crippen molar-refractivity contribution in [3.05, 3.63) is 54.1 Å². The number of ketones is 1. The van der Waals surface area contributed by atoms with Gasteiger partial charge in [0.25, 0.3) is 0 Å². The number of para-hydroxylation sites is 1. The van der Waals surface area contributed by atoms with Crippen molar-refractivity contribution in [2.45, 2.75) is 24.7 Å². The average Bonchev–Trinajstić information content (AvgIpc) is 3.22. The number of rotatable bonds is 5. The molecule has 1 fully saturated rings. The fourth-order valence-corrected chi connectivity index (χ4v) is 6.19. The summed E-state index contributed by atoms with van der Waals surface area (Å²) in [5.41, 5.74) is 1.22. The summed E-state index contributed by atoms with van der Waals surface area (Å²) in [4.78, 5) is 30.8. The summed E-state index contributed by atoms with van der Waals surface area (Å²) in [6, 6.07) is 13.8. The zero-order valence-electron chi connectivity index (χ0n) is 17.3. The number of anilines is 1. The third kappa shape index (κ3) is 4.26. The Bertz CT molecular complexity index is 1210. The number of hydrogen-bond donors (Lipinski definition) is 0. The second-order valence-electron chi connectivity index (χ2n) is 7.62. The van der Waals surface area contributed by atoms with Crippen LogP contribution in [0.2, 0.25) is 0 Å². The fourth-order valence-electron chi connectivity index (χ4n) is 3.74. The molecule has 3 aromatic rings. The van der Waals surface area contributed by atoms with Crippen LogP contribution in [-0.2, 0) is 14.8 Å². The predicted octanol–water partition coefficient (Wildman–Crippen LogP) is 3.56. The van der Waals surface area contributed by atoms with Gasteiger partial charge in [-0.1, -0.05) is 35.6 Å². The number of carbonyl (C=O) groups is 2. The third-order valence-electron chi connectivity index (χ3n) is 5.58. The van der Waals surface area contributed by atoms with Crippen molar-refractivity contribution in [3.8, 4) is 0 Å². The first-order valence-corrected chi connectivity index (χ1v) is 12.3. The molecule has 1 amide bonds. The molecule has 9 heteroatoms. The first-order valence-electron chi connectivity index (χ1n) is 10.0. The number of nitrogens with zero attached hydrogens (tertiary/aromatic N) is 3. The normalized spacial score (nSPS) is 15.8. The highest BCUT2D eigenvalue weighted by atomic mass is 32.2. The second-order valence-corrected chi connectivity index (χ2v) is 10.6. The molecule has 1 saturated heterocycles. The van der Waals surface area contributed by atoms with Gasteiger partial charge in [0.15, 0.2) is 10.9 Å². The summed E-state index contributed by atoms with van der Waals surface area (Å²) in [5.74, 6) is -0.485. The van der Waals surface area contributed by atoms with Gasteiger partial charge < -0.3 is 0 Å². The molecule has 2 heterocycles. The quantitative estimate of drug-likeness (QED) is 0.547. The topological polar surface area (TPSA) is 87.7 Å². The monoisotopic (exact) mass is 457 g/mol. The van der Waals surface area contributed by atoms with E-state index in [1.165, 1.54) is 34.7 Å². The highest BCUT2D eigenvalue weighted by molar-refractivity contribution is 7.89. The van der Waals surface area contributed by atoms with Crippen molar-refractivity contribution in [2.75, 3.05) is 25.0 Å². The average molecular weight is 458 g/mol. The molecule has 162 valence electrons. The van der Waals surface area contributed by atoms with Gasteiger partial charge in [-0.3, -0.25) is 14.5 Å². The van der Waals surface area contributed by atoms with Crippen LogP contribution in [0.1, 0.15) is 30.1 Å². The van der Waals surface area contributed by atoms with Crippen molar-refractivity contribution in [1.29, 1.82) is 0 Å². The van der Waals surface area contributed by atoms with E-state index < -0.39 is 10.0 Å². The van der Waals surface area contributed by atoms with Crippen molar-refractivity contribution < 1.29 is 18.0 Å². The van der Waals surface area contributed by atoms with E-state index in [1.807, 2.05) is 24.3 Å². The predicted molar refractivity (Wildman–Crippen MR) is 121 cm³/mol. The summed E-state index contributed by atoms with van der Waals surface area (Å²) in [6.45, 7) is 1.93. The van der Waals surface area contributed by atoms with Crippen LogP contribution in [0.3, 0.4) is 0 Å². The second kappa shape index (κ2) is 8.49. The van der Waals surface area contributed by atoms with Crippen LogP contribution in [-0.4, -0.2) is 49.5 Å². The number of carbonyl (C=O) groups excluding carboxylic acids is 2. The summed E-state index contributed by atoms with van der Waals surface area (Å²) in [7, 11) is -1.99. The standard InChI is InChI=1S/C22H23N3O4S2/c1-15(26)17-6-5-7-18(14-17)31(28,29)25-12-10-16(11-13-25)21(27)24(2)22-23-19-8-3-4-9-20(19)30-22/h3-9,14,16H,10-13H2,1-2H3. The maximum Gasteiger partial charge on any atom is 0.243 e. The lowest BCUT2D eigenvalue weighted by atomic mass is 9.97. The SMILES string of the molecule is CC(=O)c1cccc(S(=O)(=O)N2CCC(C(=O)N(C)c3nc4ccccc4s3)CC2)c1. The van der Waals surface area contributed by atoms with E-state index in [4.69, 9.17) is 0 Å². The minimum atomic E-state index is -3.71. The summed E-state index contributed by atoms with van der Waals surface area (Å²) in [5, 5.41) is 0.641. The van der Waals surface area contributed by atoms with E-state index >= 15 is 0 Å². The first kappa shape index (κ1) is 21.6. The van der Waals surface area contributed by atoms with Gasteiger partial charge in [0.1, 0.15) is 0 Å². The lowest BCUT2D eigenvalue weighted by molar-refractivity contribution is -0.123. The molecule has 0 radical (unpaired) electrons. The van der Waals surface area contributed by atoms with E-state index in [1.54, 1.807) is 24.1 Å². The van der Waals surface area contributed by atoms with Crippen molar-refractivity contribution in [2.24, 2.45) is 5.92 Å². The van der Waals surface area contributed by atoms with Gasteiger partial charge in [-0.05, 0) is 44.0 Å². The van der Waals surface area contributed by atoms with Gasteiger partial charge in [0.05, 0.1) is 15.1 Å². The Morgan fingerprint density at radius 3 is 2.48 bits per heavy atom. The van der Waals surface area contributed by atoms with Crippen LogP contribution in [0.15, 0.2) is 53.4 Å². The Morgan fingerprint density at radius 1 is 1.10 bits per heavy atom. The Hall–Kier alpha value is -2.62. The number of aromatic nitrogens is 1. The highest BCUT2D eigenvalue weighted by Gasteiger charge is 2.34. The van der Waals surface area contributed by atoms with Crippen LogP contribution in [0.5, 0.6) is 0 Å². The van der Waals surface area contributed by atoms with Gasteiger partial charge >= 0.3 is 0 Å². The van der Waals surface area contributed by atoms with Crippen molar-refractivity contribution in [3.63, 3.8) is 0 Å². The van der Waals surface area contributed by atoms with Crippen LogP contribution in [0.4, 0.5) is 5.13 Å². The smallest absolute Gasteiger partial charge is 0.243 e. The van der Waals surface area contributed by atoms with E-state index in [0.29, 0.717) is 23.5 Å². The third-order valence-corrected chi connectivity index (χ3v) is 8.59. The Morgan fingerprint density at radius 2 is 1.81 bits per heavy atom. The van der Waals surface area contributed by atoms with Gasteiger partial charge in [-0.2, -0.15) is 4.31 Å². The molecule has 7 nitrogen and oxygen atoms in total. The maximum absolute atomic E-state index is 13.0. The first-order chi connectivity index (χ1) is 14.8. The highest BCUT2D eigenvalue weighted by Crippen LogP contribution is 2.31. The van der Waals surface area contributed by atoms with Gasteiger partial charge in [-0.25, -0.2) is 13.4 Å². The van der Waals surface area contributed by atoms with Gasteiger partial charge in [0, 0.05) is 31.6 Å². The largest absolute Gasteiger partial charge is 0.295 e. The minimum absolute atomic E-state index is 0.0466. The molecule has 0 unspecified atom stereocenters. The molecular formula is C22H23N3O4S2. The summed E-state index contributed by atoms with van der Waals surface area (Å²) >= 11 is 1.46. The zero-order valence-corrected chi connectivity index (χ0v) is 18.9. The molecule has 0 aliphatic carbocycles. The molecule has 0 spiro atoms. The number of amides is 1. The molecule has 0 bridgehead atoms. The Labute approximate surface area is 185 Å². The number of benzene rings is 2. The molecule has 2 aromatic carbocycles. The van der Waals surface area contributed by atoms with Gasteiger partial charge in [-0.15, -0.1) is 0 Å². The van der Waals surface area contributed by atoms with Crippen LogP contribution >= 0.6 is 11.3 Å². The van der Waals surface area contributed by atoms with Crippen LogP contribution in [0, 0.1) is 5.92 Å². The number of Topliss-reactive ketones (excluding diaryl/α,β-unsaturated/α-hetero) is 1. The zero-order chi connectivity index (χ0) is 22.2. The molecule has 4 rings (SSSR count). The summed E-state index contributed by atoms with van der Waals surface area (Å²) in [6.07, 6.45) is 0.888. The Kier molecular flexibility index (Phi) is 5.92. The van der Waals surface area contributed by atoms with E-state index in [2.05, 4.69) is 4.98 Å². The lowest BCUT2D eigenvalue weighted by Crippen LogP contribution is -2.43. The number of piperidine rings is 1. The molecule has 1 aromatic heterocycles. The maximum atomic E-state index is 13.0. The van der Waals surface area contributed by atoms with Crippen LogP contribution < -0.4 is 4.90 Å². The molecule has 0 saturated carbocycles. The number of sulfonamides is 1. The van der Waals surface area contributed by atoms with E-state index in [0.717, 1.165) is 10.2 Å².